The van der Waals surface area contributed by atoms with E-state index in [0.717, 1.165) is 16.5 Å². The molecule has 1 aliphatic rings. The smallest absolute Gasteiger partial charge is 0.336 e. The first kappa shape index (κ1) is 16.2. The molecule has 3 aromatic rings. The molecule has 1 aliphatic heterocycles. The van der Waals surface area contributed by atoms with Gasteiger partial charge in [-0.2, -0.15) is 0 Å². The van der Waals surface area contributed by atoms with Crippen molar-refractivity contribution in [1.29, 1.82) is 0 Å². The van der Waals surface area contributed by atoms with Gasteiger partial charge in [-0.1, -0.05) is 0 Å². The predicted molar refractivity (Wildman–Crippen MR) is 97.3 cm³/mol. The van der Waals surface area contributed by atoms with E-state index in [0.29, 0.717) is 41.5 Å². The Morgan fingerprint density at radius 3 is 2.54 bits per heavy atom. The quantitative estimate of drug-likeness (QED) is 0.716. The first-order valence-electron chi connectivity index (χ1n) is 8.27. The highest BCUT2D eigenvalue weighted by Gasteiger charge is 2.16. The fourth-order valence-electron chi connectivity index (χ4n) is 2.98. The van der Waals surface area contributed by atoms with Gasteiger partial charge in [-0.05, 0) is 55.3 Å². The molecule has 0 aliphatic carbocycles. The maximum atomic E-state index is 12.6. The number of carbonyl (C=O) groups excluding carboxylic acids is 1. The summed E-state index contributed by atoms with van der Waals surface area (Å²) in [4.78, 5) is 24.2. The summed E-state index contributed by atoms with van der Waals surface area (Å²) in [6.07, 6.45) is 0. The monoisotopic (exact) mass is 351 g/mol. The van der Waals surface area contributed by atoms with Crippen molar-refractivity contribution in [3.63, 3.8) is 0 Å². The number of amides is 1. The number of nitrogens with one attached hydrogen (secondary N) is 1. The van der Waals surface area contributed by atoms with Gasteiger partial charge < -0.3 is 19.2 Å². The molecule has 2 heterocycles. The first-order chi connectivity index (χ1) is 12.5. The van der Waals surface area contributed by atoms with Crippen LogP contribution in [0.4, 0.5) is 5.69 Å². The van der Waals surface area contributed by atoms with Crippen LogP contribution in [0.25, 0.3) is 11.0 Å². The first-order valence-corrected chi connectivity index (χ1v) is 8.27. The summed E-state index contributed by atoms with van der Waals surface area (Å²) in [6.45, 7) is 4.65. The maximum Gasteiger partial charge on any atom is 0.336 e. The van der Waals surface area contributed by atoms with Crippen LogP contribution in [0.1, 0.15) is 21.5 Å². The molecule has 0 radical (unpaired) electrons. The molecule has 2 aromatic carbocycles. The van der Waals surface area contributed by atoms with Crippen LogP contribution in [0.15, 0.2) is 45.6 Å². The van der Waals surface area contributed by atoms with E-state index in [1.165, 1.54) is 6.07 Å². The Bertz CT molecular complexity index is 1080. The molecule has 1 N–H and O–H groups in total. The Morgan fingerprint density at radius 1 is 0.962 bits per heavy atom. The minimum absolute atomic E-state index is 0.250. The maximum absolute atomic E-state index is 12.6. The van der Waals surface area contributed by atoms with Gasteiger partial charge in [-0.15, -0.1) is 0 Å². The van der Waals surface area contributed by atoms with Crippen LogP contribution in [0.5, 0.6) is 11.5 Å². The lowest BCUT2D eigenvalue weighted by Gasteiger charge is -2.19. The molecule has 0 atom stereocenters. The van der Waals surface area contributed by atoms with Crippen molar-refractivity contribution < 1.29 is 18.7 Å². The van der Waals surface area contributed by atoms with Crippen molar-refractivity contribution in [1.82, 2.24) is 0 Å². The summed E-state index contributed by atoms with van der Waals surface area (Å²) in [5, 5.41) is 3.70. The summed E-state index contributed by atoms with van der Waals surface area (Å²) < 4.78 is 16.2. The molecule has 4 rings (SSSR count). The Labute approximate surface area is 149 Å². The van der Waals surface area contributed by atoms with Gasteiger partial charge in [0.15, 0.2) is 11.5 Å². The molecule has 26 heavy (non-hydrogen) atoms. The Hall–Kier alpha value is -3.28. The van der Waals surface area contributed by atoms with Crippen LogP contribution >= 0.6 is 0 Å². The van der Waals surface area contributed by atoms with Gasteiger partial charge >= 0.3 is 5.63 Å². The molecule has 0 bridgehead atoms. The molecule has 6 nitrogen and oxygen atoms in total. The summed E-state index contributed by atoms with van der Waals surface area (Å²) >= 11 is 0. The van der Waals surface area contributed by atoms with Crippen LogP contribution in [-0.4, -0.2) is 19.1 Å². The Balaban J connectivity index is 1.67. The van der Waals surface area contributed by atoms with E-state index in [9.17, 15) is 9.59 Å². The fraction of sp³-hybridized carbons (Fsp3) is 0.200. The second-order valence-electron chi connectivity index (χ2n) is 6.22. The van der Waals surface area contributed by atoms with E-state index in [1.54, 1.807) is 24.3 Å². The van der Waals surface area contributed by atoms with Gasteiger partial charge in [0.2, 0.25) is 0 Å². The normalized spacial score (nSPS) is 12.8. The molecule has 1 amide bonds. The highest BCUT2D eigenvalue weighted by molar-refractivity contribution is 6.06. The van der Waals surface area contributed by atoms with Crippen molar-refractivity contribution >= 4 is 22.6 Å². The van der Waals surface area contributed by atoms with Crippen LogP contribution in [0, 0.1) is 13.8 Å². The topological polar surface area (TPSA) is 77.8 Å². The summed E-state index contributed by atoms with van der Waals surface area (Å²) in [5.41, 5.74) is 2.86. The zero-order valence-corrected chi connectivity index (χ0v) is 14.4. The number of rotatable bonds is 2. The lowest BCUT2D eigenvalue weighted by Crippen LogP contribution is -2.17. The number of hydrogen-bond donors (Lipinski definition) is 1. The summed E-state index contributed by atoms with van der Waals surface area (Å²) in [5.74, 6) is 0.955. The average Bonchev–Trinajstić information content (AvgIpc) is 2.62. The third-order valence-corrected chi connectivity index (χ3v) is 4.35. The van der Waals surface area contributed by atoms with Gasteiger partial charge in [-0.3, -0.25) is 4.79 Å². The highest BCUT2D eigenvalue weighted by atomic mass is 16.6. The van der Waals surface area contributed by atoms with Gasteiger partial charge in [0, 0.05) is 22.7 Å². The third kappa shape index (κ3) is 2.90. The van der Waals surface area contributed by atoms with Gasteiger partial charge in [0.05, 0.1) is 0 Å². The minimum atomic E-state index is -0.387. The SMILES string of the molecule is Cc1cc2oc(=O)cc(C)c2cc1NC(=O)c1ccc2c(c1)OCCO2. The molecule has 0 fully saturated rings. The summed E-state index contributed by atoms with van der Waals surface area (Å²) in [7, 11) is 0. The highest BCUT2D eigenvalue weighted by Crippen LogP contribution is 2.31. The minimum Gasteiger partial charge on any atom is -0.486 e. The lowest BCUT2D eigenvalue weighted by molar-refractivity contribution is 0.102. The number of carbonyl (C=O) groups is 1. The molecular weight excluding hydrogens is 334 g/mol. The van der Waals surface area contributed by atoms with Crippen LogP contribution in [0.2, 0.25) is 0 Å². The molecule has 1 aromatic heterocycles. The van der Waals surface area contributed by atoms with Crippen LogP contribution in [0.3, 0.4) is 0 Å². The van der Waals surface area contributed by atoms with E-state index in [-0.39, 0.29) is 11.5 Å². The van der Waals surface area contributed by atoms with E-state index >= 15 is 0 Å². The van der Waals surface area contributed by atoms with Crippen LogP contribution < -0.4 is 20.4 Å². The number of benzene rings is 2. The molecule has 0 unspecified atom stereocenters. The largest absolute Gasteiger partial charge is 0.486 e. The molecule has 132 valence electrons. The van der Waals surface area contributed by atoms with Crippen LogP contribution in [-0.2, 0) is 0 Å². The van der Waals surface area contributed by atoms with Gasteiger partial charge in [0.25, 0.3) is 5.91 Å². The third-order valence-electron chi connectivity index (χ3n) is 4.35. The second-order valence-corrected chi connectivity index (χ2v) is 6.22. The standard InChI is InChI=1S/C20H17NO5/c1-11-8-19(22)26-17-7-12(2)15(10-14(11)17)21-20(23)13-3-4-16-18(9-13)25-6-5-24-16/h3-4,7-10H,5-6H2,1-2H3,(H,21,23). The number of ether oxygens (including phenoxy) is 2. The number of fused-ring (bicyclic) bond motifs is 2. The molecule has 0 spiro atoms. The summed E-state index contributed by atoms with van der Waals surface area (Å²) in [6, 6.07) is 10.1. The Kier molecular flexibility index (Phi) is 3.88. The molecule has 0 saturated heterocycles. The van der Waals surface area contributed by atoms with Crippen molar-refractivity contribution in [2.75, 3.05) is 18.5 Å². The zero-order valence-electron chi connectivity index (χ0n) is 14.4. The van der Waals surface area contributed by atoms with E-state index in [2.05, 4.69) is 5.32 Å². The second kappa shape index (κ2) is 6.22. The van der Waals surface area contributed by atoms with Crippen molar-refractivity contribution in [2.24, 2.45) is 0 Å². The van der Waals surface area contributed by atoms with Gasteiger partial charge in [0.1, 0.15) is 18.8 Å². The van der Waals surface area contributed by atoms with E-state index < -0.39 is 0 Å². The average molecular weight is 351 g/mol. The van der Waals surface area contributed by atoms with E-state index in [4.69, 9.17) is 13.9 Å². The number of aryl methyl sites for hydroxylation is 2. The Morgan fingerprint density at radius 2 is 1.73 bits per heavy atom. The van der Waals surface area contributed by atoms with Gasteiger partial charge in [-0.25, -0.2) is 4.79 Å². The number of hydrogen-bond acceptors (Lipinski definition) is 5. The fourth-order valence-corrected chi connectivity index (χ4v) is 2.98. The molecule has 0 saturated carbocycles. The molecule has 6 heteroatoms. The van der Waals surface area contributed by atoms with Crippen molar-refractivity contribution in [2.45, 2.75) is 13.8 Å². The number of anilines is 1. The predicted octanol–water partition coefficient (Wildman–Crippen LogP) is 3.43. The molecular formula is C20H17NO5. The zero-order chi connectivity index (χ0) is 18.3. The lowest BCUT2D eigenvalue weighted by atomic mass is 10.1. The van der Waals surface area contributed by atoms with Crippen molar-refractivity contribution in [3.8, 4) is 11.5 Å². The van der Waals surface area contributed by atoms with E-state index in [1.807, 2.05) is 19.9 Å². The van der Waals surface area contributed by atoms with Crippen molar-refractivity contribution in [3.05, 3.63) is 63.5 Å².